The Kier molecular flexibility index (Phi) is 19.7. The number of amides is 3. The predicted octanol–water partition coefficient (Wildman–Crippen LogP) is 3.66. The van der Waals surface area contributed by atoms with Crippen molar-refractivity contribution < 1.29 is 52.8 Å². The van der Waals surface area contributed by atoms with Crippen LogP contribution in [0.4, 0.5) is 10.5 Å². The molecule has 0 aromatic heterocycles. The number of methoxy groups -OCH3 is 1. The third-order valence-electron chi connectivity index (χ3n) is 8.15. The smallest absolute Gasteiger partial charge is 0.412 e. The van der Waals surface area contributed by atoms with Gasteiger partial charge in [0.05, 0.1) is 30.1 Å². The fourth-order valence-corrected chi connectivity index (χ4v) is 5.31. The van der Waals surface area contributed by atoms with Crippen LogP contribution in [0.3, 0.4) is 0 Å². The number of esters is 2. The van der Waals surface area contributed by atoms with E-state index in [0.29, 0.717) is 18.7 Å². The number of unbranched alkanes of at least 4 members (excludes halogenated alkanes) is 2. The summed E-state index contributed by atoms with van der Waals surface area (Å²) in [6.07, 6.45) is -2.85. The minimum absolute atomic E-state index is 0.0457. The van der Waals surface area contributed by atoms with Crippen LogP contribution < -0.4 is 16.0 Å². The standard InChI is InChI=1S/C37H52N4O11/c1-6-10-18-39-29(43)20-25(12-8-3)34(45)50-32-31(52-37(47)41-27-16-14-24(22-38)15-17-27)28(23-42)49-36(48-5)33(32)51-35(46)26(13-9-4)21-30(44)40-19-11-7-2/h8-9,14-17,25-26,28,31-33,36,42H,3-4,6-7,10-13,18-21,23H2,1-2,5H3,(H,39,43)(H,40,44)(H,41,47)/t25-,26-,28+,31+,32-,33+,36-/m0/s1. The normalized spacial score (nSPS) is 20.6. The Hall–Kier alpha value is -4.78. The summed E-state index contributed by atoms with van der Waals surface area (Å²) in [7, 11) is 1.24. The summed E-state index contributed by atoms with van der Waals surface area (Å²) >= 11 is 0. The molecule has 7 atom stereocenters. The summed E-state index contributed by atoms with van der Waals surface area (Å²) in [6, 6.07) is 7.85. The monoisotopic (exact) mass is 728 g/mol. The molecular formula is C37H52N4O11. The van der Waals surface area contributed by atoms with Gasteiger partial charge >= 0.3 is 18.0 Å². The Bertz CT molecular complexity index is 1380. The average molecular weight is 729 g/mol. The number of aliphatic hydroxyl groups is 1. The molecule has 4 N–H and O–H groups in total. The number of allylic oxidation sites excluding steroid dienone is 2. The van der Waals surface area contributed by atoms with Crippen LogP contribution in [0.15, 0.2) is 49.6 Å². The number of hydrogen-bond acceptors (Lipinski definition) is 12. The lowest BCUT2D eigenvalue weighted by molar-refractivity contribution is -0.300. The molecule has 15 heteroatoms. The largest absolute Gasteiger partial charge is 0.454 e. The van der Waals surface area contributed by atoms with Crippen molar-refractivity contribution in [3.63, 3.8) is 0 Å². The molecule has 1 aromatic carbocycles. The van der Waals surface area contributed by atoms with Crippen LogP contribution in [0.2, 0.25) is 0 Å². The van der Waals surface area contributed by atoms with Gasteiger partial charge in [0.15, 0.2) is 24.6 Å². The van der Waals surface area contributed by atoms with Crippen LogP contribution in [0.25, 0.3) is 0 Å². The SMILES string of the molecule is C=CC[C@@H](CC(=O)NCCCC)C(=O)O[C@@H]1[C@@H](OC(=O)[C@@H](CC=C)CC(=O)NCCCC)[C@@H](OC)O[C@H](CO)[C@H]1OC(=O)Nc1ccc(C#N)cc1. The Morgan fingerprint density at radius 1 is 0.865 bits per heavy atom. The molecular weight excluding hydrogens is 676 g/mol. The molecule has 0 unspecified atom stereocenters. The van der Waals surface area contributed by atoms with Crippen molar-refractivity contribution in [2.45, 2.75) is 95.9 Å². The lowest BCUT2D eigenvalue weighted by Gasteiger charge is -2.44. The van der Waals surface area contributed by atoms with Crippen molar-refractivity contribution in [2.24, 2.45) is 11.8 Å². The van der Waals surface area contributed by atoms with Crippen LogP contribution in [0.1, 0.15) is 70.8 Å². The highest BCUT2D eigenvalue weighted by atomic mass is 16.7. The summed E-state index contributed by atoms with van der Waals surface area (Å²) in [5, 5.41) is 27.4. The fraction of sp³-hybridized carbons (Fsp3) is 0.568. The number of nitrogens with one attached hydrogen (secondary N) is 3. The van der Waals surface area contributed by atoms with E-state index in [1.54, 1.807) is 0 Å². The topological polar surface area (TPSA) is 212 Å². The van der Waals surface area contributed by atoms with Gasteiger partial charge in [-0.1, -0.05) is 38.8 Å². The van der Waals surface area contributed by atoms with Crippen molar-refractivity contribution in [3.8, 4) is 6.07 Å². The molecule has 1 aromatic rings. The second-order valence-corrected chi connectivity index (χ2v) is 12.2. The van der Waals surface area contributed by atoms with Crippen LogP contribution in [0, 0.1) is 23.2 Å². The molecule has 1 fully saturated rings. The molecule has 1 aliphatic rings. The highest BCUT2D eigenvalue weighted by Gasteiger charge is 2.53. The first-order valence-electron chi connectivity index (χ1n) is 17.5. The number of ether oxygens (including phenoxy) is 5. The zero-order valence-corrected chi connectivity index (χ0v) is 30.2. The van der Waals surface area contributed by atoms with Gasteiger partial charge in [-0.25, -0.2) is 4.79 Å². The number of rotatable bonds is 22. The van der Waals surface area contributed by atoms with Crippen LogP contribution >= 0.6 is 0 Å². The number of benzene rings is 1. The van der Waals surface area contributed by atoms with E-state index < -0.39 is 73.1 Å². The second-order valence-electron chi connectivity index (χ2n) is 12.2. The molecule has 0 aliphatic carbocycles. The molecule has 1 heterocycles. The molecule has 0 spiro atoms. The molecule has 15 nitrogen and oxygen atoms in total. The van der Waals surface area contributed by atoms with Gasteiger partial charge in [0, 0.05) is 38.7 Å². The van der Waals surface area contributed by atoms with Crippen molar-refractivity contribution >= 4 is 35.5 Å². The second kappa shape index (κ2) is 23.6. The summed E-state index contributed by atoms with van der Waals surface area (Å²) in [6.45, 7) is 11.4. The minimum Gasteiger partial charge on any atom is -0.454 e. The van der Waals surface area contributed by atoms with E-state index in [9.17, 15) is 29.1 Å². The first kappa shape index (κ1) is 43.4. The number of nitrogens with zero attached hydrogens (tertiary/aromatic N) is 1. The average Bonchev–Trinajstić information content (AvgIpc) is 3.13. The van der Waals surface area contributed by atoms with Gasteiger partial charge in [-0.3, -0.25) is 24.5 Å². The lowest BCUT2D eigenvalue weighted by Crippen LogP contribution is -2.63. The molecule has 52 heavy (non-hydrogen) atoms. The number of anilines is 1. The Balaban J connectivity index is 2.48. The van der Waals surface area contributed by atoms with Gasteiger partial charge in [0.25, 0.3) is 0 Å². The van der Waals surface area contributed by atoms with E-state index in [0.717, 1.165) is 25.7 Å². The highest BCUT2D eigenvalue weighted by molar-refractivity contribution is 5.85. The Labute approximate surface area is 305 Å². The Morgan fingerprint density at radius 3 is 1.83 bits per heavy atom. The quantitative estimate of drug-likeness (QED) is 0.0583. The number of nitriles is 1. The number of hydrogen-bond donors (Lipinski definition) is 4. The number of carbonyl (C=O) groups is 5. The molecule has 0 bridgehead atoms. The van der Waals surface area contributed by atoms with Crippen molar-refractivity contribution in [2.75, 3.05) is 32.1 Å². The maximum absolute atomic E-state index is 13.8. The molecule has 2 rings (SSSR count). The number of aliphatic hydroxyl groups excluding tert-OH is 1. The van der Waals surface area contributed by atoms with Gasteiger partial charge in [0.2, 0.25) is 11.8 Å². The van der Waals surface area contributed by atoms with E-state index in [-0.39, 0.29) is 37.3 Å². The molecule has 1 saturated heterocycles. The van der Waals surface area contributed by atoms with Gasteiger partial charge in [0.1, 0.15) is 6.10 Å². The van der Waals surface area contributed by atoms with Crippen molar-refractivity contribution in [3.05, 3.63) is 55.1 Å². The maximum atomic E-state index is 13.8. The van der Waals surface area contributed by atoms with Crippen LogP contribution in [-0.4, -0.2) is 92.5 Å². The summed E-state index contributed by atoms with van der Waals surface area (Å²) in [5.74, 6) is -4.57. The first-order valence-corrected chi connectivity index (χ1v) is 17.5. The molecule has 1 aliphatic heterocycles. The van der Waals surface area contributed by atoms with Crippen molar-refractivity contribution in [1.29, 1.82) is 5.26 Å². The zero-order valence-electron chi connectivity index (χ0n) is 30.2. The predicted molar refractivity (Wildman–Crippen MR) is 189 cm³/mol. The van der Waals surface area contributed by atoms with E-state index in [2.05, 4.69) is 29.1 Å². The van der Waals surface area contributed by atoms with E-state index in [1.165, 1.54) is 43.5 Å². The molecule has 286 valence electrons. The number of carbonyl (C=O) groups excluding carboxylic acids is 5. The zero-order chi connectivity index (χ0) is 38.5. The van der Waals surface area contributed by atoms with Crippen LogP contribution in [0.5, 0.6) is 0 Å². The third-order valence-corrected chi connectivity index (χ3v) is 8.15. The molecule has 3 amide bonds. The Morgan fingerprint density at radius 2 is 1.38 bits per heavy atom. The molecule has 0 saturated carbocycles. The van der Waals surface area contributed by atoms with Gasteiger partial charge < -0.3 is 39.4 Å². The maximum Gasteiger partial charge on any atom is 0.412 e. The van der Waals surface area contributed by atoms with Crippen LogP contribution in [-0.2, 0) is 42.9 Å². The summed E-state index contributed by atoms with van der Waals surface area (Å²) in [4.78, 5) is 66.0. The van der Waals surface area contributed by atoms with Gasteiger partial charge in [-0.15, -0.1) is 13.2 Å². The summed E-state index contributed by atoms with van der Waals surface area (Å²) in [5.41, 5.74) is 0.612. The third kappa shape index (κ3) is 14.1. The first-order chi connectivity index (χ1) is 25.0. The van der Waals surface area contributed by atoms with Gasteiger partial charge in [-0.05, 0) is 49.9 Å². The minimum atomic E-state index is -1.63. The van der Waals surface area contributed by atoms with E-state index >= 15 is 0 Å². The van der Waals surface area contributed by atoms with E-state index in [1.807, 2.05) is 19.9 Å². The highest BCUT2D eigenvalue weighted by Crippen LogP contribution is 2.31. The van der Waals surface area contributed by atoms with Gasteiger partial charge in [-0.2, -0.15) is 5.26 Å². The fourth-order valence-electron chi connectivity index (χ4n) is 5.31. The van der Waals surface area contributed by atoms with E-state index in [4.69, 9.17) is 28.9 Å². The van der Waals surface area contributed by atoms with Crippen molar-refractivity contribution in [1.82, 2.24) is 10.6 Å². The summed E-state index contributed by atoms with van der Waals surface area (Å²) < 4.78 is 28.8. The lowest BCUT2D eigenvalue weighted by atomic mass is 9.96. The molecule has 0 radical (unpaired) electrons.